The van der Waals surface area contributed by atoms with Gasteiger partial charge in [-0.3, -0.25) is 14.0 Å². The van der Waals surface area contributed by atoms with Crippen molar-refractivity contribution in [3.63, 3.8) is 0 Å². The van der Waals surface area contributed by atoms with Gasteiger partial charge in [0.1, 0.15) is 0 Å². The Labute approximate surface area is 142 Å². The maximum atomic E-state index is 12.2. The molecule has 0 aliphatic rings. The monoisotopic (exact) mass is 348 g/mol. The van der Waals surface area contributed by atoms with Gasteiger partial charge in [-0.15, -0.1) is 0 Å². The predicted octanol–water partition coefficient (Wildman–Crippen LogP) is 2.63. The van der Waals surface area contributed by atoms with Crippen LogP contribution in [0.1, 0.15) is 17.8 Å². The average Bonchev–Trinajstić information content (AvgIpc) is 2.95. The Morgan fingerprint density at radius 3 is 2.79 bits per heavy atom. The first kappa shape index (κ1) is 16.3. The Bertz CT molecular complexity index is 983. The number of benzene rings is 1. The smallest absolute Gasteiger partial charge is 0.408 e. The second-order valence-electron chi connectivity index (χ2n) is 5.60. The van der Waals surface area contributed by atoms with E-state index in [1.165, 1.54) is 4.57 Å². The third kappa shape index (κ3) is 2.94. The zero-order valence-corrected chi connectivity index (χ0v) is 14.3. The number of anilines is 1. The molecule has 0 spiro atoms. The highest BCUT2D eigenvalue weighted by Crippen LogP contribution is 2.20. The molecule has 1 aromatic carbocycles. The van der Waals surface area contributed by atoms with Gasteiger partial charge >= 0.3 is 5.76 Å². The third-order valence-electron chi connectivity index (χ3n) is 3.97. The molecule has 0 radical (unpaired) electrons. The van der Waals surface area contributed by atoms with Gasteiger partial charge in [-0.05, 0) is 26.0 Å². The van der Waals surface area contributed by atoms with Gasteiger partial charge < -0.3 is 9.73 Å². The summed E-state index contributed by atoms with van der Waals surface area (Å²) in [5, 5.41) is 7.59. The molecular formula is C16H17ClN4O3. The second-order valence-corrected chi connectivity index (χ2v) is 6.04. The zero-order valence-electron chi connectivity index (χ0n) is 13.6. The number of halogens is 1. The maximum absolute atomic E-state index is 12.2. The normalized spacial score (nSPS) is 11.2. The van der Waals surface area contributed by atoms with Crippen molar-refractivity contribution in [2.75, 3.05) is 5.32 Å². The van der Waals surface area contributed by atoms with Crippen molar-refractivity contribution in [2.24, 2.45) is 7.05 Å². The van der Waals surface area contributed by atoms with Gasteiger partial charge in [0.2, 0.25) is 5.91 Å². The number of fused-ring (bicyclic) bond motifs is 1. The number of nitrogens with zero attached hydrogens (tertiary/aromatic N) is 3. The van der Waals surface area contributed by atoms with E-state index in [2.05, 4.69) is 10.4 Å². The van der Waals surface area contributed by atoms with Crippen LogP contribution in [-0.4, -0.2) is 20.3 Å². The van der Waals surface area contributed by atoms with E-state index in [1.54, 1.807) is 22.9 Å². The second kappa shape index (κ2) is 6.16. The van der Waals surface area contributed by atoms with Crippen molar-refractivity contribution >= 4 is 34.3 Å². The highest BCUT2D eigenvalue weighted by Gasteiger charge is 2.14. The molecule has 0 saturated carbocycles. The Morgan fingerprint density at radius 1 is 1.38 bits per heavy atom. The molecule has 0 fully saturated rings. The minimum Gasteiger partial charge on any atom is -0.408 e. The van der Waals surface area contributed by atoms with Gasteiger partial charge in [0.25, 0.3) is 0 Å². The van der Waals surface area contributed by atoms with E-state index >= 15 is 0 Å². The Hall–Kier alpha value is -2.54. The maximum Gasteiger partial charge on any atom is 0.419 e. The minimum atomic E-state index is -0.506. The van der Waals surface area contributed by atoms with Gasteiger partial charge in [0.15, 0.2) is 5.58 Å². The third-order valence-corrected chi connectivity index (χ3v) is 4.20. The van der Waals surface area contributed by atoms with Crippen LogP contribution in [0.3, 0.4) is 0 Å². The molecule has 0 saturated heterocycles. The molecule has 8 heteroatoms. The number of aryl methyl sites for hydroxylation is 3. The molecule has 2 heterocycles. The van der Waals surface area contributed by atoms with Crippen molar-refractivity contribution in [3.05, 3.63) is 45.2 Å². The summed E-state index contributed by atoms with van der Waals surface area (Å²) < 4.78 is 8.29. The SMILES string of the molecule is Cc1nn(C)c(C)c1NC(=O)CCn1c(=O)oc2cc(Cl)ccc21. The van der Waals surface area contributed by atoms with Crippen molar-refractivity contribution in [1.29, 1.82) is 0 Å². The van der Waals surface area contributed by atoms with Crippen LogP contribution in [0.25, 0.3) is 11.1 Å². The standard InChI is InChI=1S/C16H17ClN4O3/c1-9-15(10(2)20(3)19-9)18-14(22)6-7-21-12-5-4-11(17)8-13(12)24-16(21)23/h4-5,8H,6-7H2,1-3H3,(H,18,22). The van der Waals surface area contributed by atoms with E-state index in [-0.39, 0.29) is 18.9 Å². The van der Waals surface area contributed by atoms with E-state index in [4.69, 9.17) is 16.0 Å². The van der Waals surface area contributed by atoms with E-state index in [9.17, 15) is 9.59 Å². The fourth-order valence-corrected chi connectivity index (χ4v) is 2.78. The lowest BCUT2D eigenvalue weighted by Crippen LogP contribution is -2.20. The van der Waals surface area contributed by atoms with Crippen molar-refractivity contribution < 1.29 is 9.21 Å². The van der Waals surface area contributed by atoms with Crippen molar-refractivity contribution in [1.82, 2.24) is 14.3 Å². The van der Waals surface area contributed by atoms with E-state index in [0.717, 1.165) is 11.4 Å². The largest absolute Gasteiger partial charge is 0.419 e. The topological polar surface area (TPSA) is 82.1 Å². The van der Waals surface area contributed by atoms with Gasteiger partial charge in [-0.1, -0.05) is 11.6 Å². The number of carbonyl (C=O) groups is 1. The molecule has 7 nitrogen and oxygen atoms in total. The Balaban J connectivity index is 1.75. The summed E-state index contributed by atoms with van der Waals surface area (Å²) in [5.41, 5.74) is 3.36. The Morgan fingerprint density at radius 2 is 2.12 bits per heavy atom. The molecule has 0 aliphatic heterocycles. The highest BCUT2D eigenvalue weighted by molar-refractivity contribution is 6.31. The number of carbonyl (C=O) groups excluding carboxylic acids is 1. The van der Waals surface area contributed by atoms with Crippen LogP contribution in [0.15, 0.2) is 27.4 Å². The highest BCUT2D eigenvalue weighted by atomic mass is 35.5. The molecule has 1 N–H and O–H groups in total. The molecule has 0 bridgehead atoms. The predicted molar refractivity (Wildman–Crippen MR) is 91.4 cm³/mol. The molecule has 24 heavy (non-hydrogen) atoms. The lowest BCUT2D eigenvalue weighted by Gasteiger charge is -2.06. The zero-order chi connectivity index (χ0) is 17.4. The lowest BCUT2D eigenvalue weighted by molar-refractivity contribution is -0.116. The summed E-state index contributed by atoms with van der Waals surface area (Å²) in [7, 11) is 1.82. The van der Waals surface area contributed by atoms with E-state index < -0.39 is 5.76 Å². The van der Waals surface area contributed by atoms with Gasteiger partial charge in [-0.25, -0.2) is 4.79 Å². The van der Waals surface area contributed by atoms with Crippen molar-refractivity contribution in [2.45, 2.75) is 26.8 Å². The van der Waals surface area contributed by atoms with Gasteiger partial charge in [0.05, 0.1) is 22.6 Å². The summed E-state index contributed by atoms with van der Waals surface area (Å²) >= 11 is 5.89. The number of rotatable bonds is 4. The number of nitrogens with one attached hydrogen (secondary N) is 1. The van der Waals surface area contributed by atoms with Crippen LogP contribution in [0.4, 0.5) is 5.69 Å². The average molecular weight is 349 g/mol. The first-order valence-corrected chi connectivity index (χ1v) is 7.83. The van der Waals surface area contributed by atoms with Gasteiger partial charge in [-0.2, -0.15) is 5.10 Å². The fourth-order valence-electron chi connectivity index (χ4n) is 2.62. The number of oxazole rings is 1. The summed E-state index contributed by atoms with van der Waals surface area (Å²) in [6.07, 6.45) is 0.144. The number of hydrogen-bond donors (Lipinski definition) is 1. The molecule has 0 unspecified atom stereocenters. The molecule has 2 aromatic heterocycles. The van der Waals surface area contributed by atoms with Gasteiger partial charge in [0, 0.05) is 31.1 Å². The quantitative estimate of drug-likeness (QED) is 0.785. The molecule has 3 aromatic rings. The molecule has 1 amide bonds. The number of amides is 1. The first-order valence-electron chi connectivity index (χ1n) is 7.45. The van der Waals surface area contributed by atoms with Crippen molar-refractivity contribution in [3.8, 4) is 0 Å². The number of hydrogen-bond acceptors (Lipinski definition) is 4. The summed E-state index contributed by atoms with van der Waals surface area (Å²) in [5.74, 6) is -0.696. The van der Waals surface area contributed by atoms with E-state index in [1.807, 2.05) is 20.9 Å². The van der Waals surface area contributed by atoms with Crippen LogP contribution in [0.2, 0.25) is 5.02 Å². The molecule has 3 rings (SSSR count). The van der Waals surface area contributed by atoms with Crippen LogP contribution in [0, 0.1) is 13.8 Å². The van der Waals surface area contributed by atoms with Crippen LogP contribution in [0.5, 0.6) is 0 Å². The minimum absolute atomic E-state index is 0.144. The summed E-state index contributed by atoms with van der Waals surface area (Å²) in [6, 6.07) is 4.96. The first-order chi connectivity index (χ1) is 11.4. The molecular weight excluding hydrogens is 332 g/mol. The molecule has 0 aliphatic carbocycles. The Kier molecular flexibility index (Phi) is 4.19. The van der Waals surface area contributed by atoms with E-state index in [0.29, 0.717) is 21.8 Å². The lowest BCUT2D eigenvalue weighted by atomic mass is 10.3. The van der Waals surface area contributed by atoms with Crippen LogP contribution < -0.4 is 11.1 Å². The van der Waals surface area contributed by atoms with Crippen LogP contribution >= 0.6 is 11.6 Å². The summed E-state index contributed by atoms with van der Waals surface area (Å²) in [4.78, 5) is 24.1. The van der Waals surface area contributed by atoms with Crippen LogP contribution in [-0.2, 0) is 18.4 Å². The number of aromatic nitrogens is 3. The summed E-state index contributed by atoms with van der Waals surface area (Å²) in [6.45, 7) is 3.94. The fraction of sp³-hybridized carbons (Fsp3) is 0.312. The molecule has 0 atom stereocenters. The molecule has 126 valence electrons.